The van der Waals surface area contributed by atoms with Crippen LogP contribution in [0.25, 0.3) is 0 Å². The van der Waals surface area contributed by atoms with Crippen LogP contribution in [-0.4, -0.2) is 28.9 Å². The average molecular weight is 374 g/mol. The topological polar surface area (TPSA) is 52.6 Å². The molecule has 0 aliphatic rings. The largest absolute Gasteiger partial charge is 0.465 e. The number of halogens is 3. The van der Waals surface area contributed by atoms with Gasteiger partial charge in [0.1, 0.15) is 0 Å². The fraction of sp³-hybridized carbons (Fsp3) is 0.733. The van der Waals surface area contributed by atoms with Gasteiger partial charge in [-0.2, -0.15) is 0 Å². The average Bonchev–Trinajstić information content (AvgIpc) is 2.39. The van der Waals surface area contributed by atoms with Crippen LogP contribution in [0.4, 0.5) is 0 Å². The molecule has 0 amide bonds. The third-order valence-corrected chi connectivity index (χ3v) is 3.25. The predicted octanol–water partition coefficient (Wildman–Crippen LogP) is 4.61. The molecule has 0 rings (SSSR count). The third-order valence-electron chi connectivity index (χ3n) is 2.85. The van der Waals surface area contributed by atoms with Crippen molar-refractivity contribution in [3.05, 3.63) is 12.2 Å². The van der Waals surface area contributed by atoms with Crippen molar-refractivity contribution in [2.75, 3.05) is 13.2 Å². The first-order valence-corrected chi connectivity index (χ1v) is 8.28. The first-order chi connectivity index (χ1) is 10.1. The van der Waals surface area contributed by atoms with Crippen molar-refractivity contribution < 1.29 is 19.1 Å². The van der Waals surface area contributed by atoms with Crippen LogP contribution in [0.5, 0.6) is 0 Å². The summed E-state index contributed by atoms with van der Waals surface area (Å²) in [4.78, 5) is 24.1. The van der Waals surface area contributed by atoms with Crippen LogP contribution >= 0.6 is 34.8 Å². The molecule has 1 atom stereocenters. The van der Waals surface area contributed by atoms with Crippen LogP contribution in [0.2, 0.25) is 0 Å². The Labute approximate surface area is 147 Å². The SMILES string of the molecule is C=C(CC(C)(CC(Cl)(Cl)Cl)C(=O)OCCC)C(=O)OCCC. The Kier molecular flexibility index (Phi) is 9.44. The summed E-state index contributed by atoms with van der Waals surface area (Å²) in [5.74, 6) is -1.08. The van der Waals surface area contributed by atoms with Crippen molar-refractivity contribution in [3.8, 4) is 0 Å². The molecular formula is C15H23Cl3O4. The van der Waals surface area contributed by atoms with Gasteiger partial charge in [-0.25, -0.2) is 4.79 Å². The summed E-state index contributed by atoms with van der Waals surface area (Å²) in [6.07, 6.45) is 1.29. The first kappa shape index (κ1) is 21.6. The maximum absolute atomic E-state index is 12.3. The molecule has 0 aromatic rings. The van der Waals surface area contributed by atoms with Crippen LogP contribution in [0.15, 0.2) is 12.2 Å². The molecule has 7 heteroatoms. The molecule has 0 N–H and O–H groups in total. The first-order valence-electron chi connectivity index (χ1n) is 7.14. The lowest BCUT2D eigenvalue weighted by Crippen LogP contribution is -2.35. The van der Waals surface area contributed by atoms with Crippen LogP contribution < -0.4 is 0 Å². The van der Waals surface area contributed by atoms with Gasteiger partial charge < -0.3 is 9.47 Å². The zero-order chi connectivity index (χ0) is 17.4. The fourth-order valence-corrected chi connectivity index (χ4v) is 2.74. The van der Waals surface area contributed by atoms with Gasteiger partial charge in [0.2, 0.25) is 0 Å². The van der Waals surface area contributed by atoms with E-state index >= 15 is 0 Å². The van der Waals surface area contributed by atoms with Gasteiger partial charge >= 0.3 is 11.9 Å². The fourth-order valence-electron chi connectivity index (χ4n) is 1.86. The van der Waals surface area contributed by atoms with Crippen molar-refractivity contribution in [2.45, 2.75) is 50.2 Å². The number of carbonyl (C=O) groups is 2. The Bertz CT molecular complexity index is 404. The van der Waals surface area contributed by atoms with E-state index in [1.54, 1.807) is 6.92 Å². The van der Waals surface area contributed by atoms with Gasteiger partial charge in [-0.15, -0.1) is 0 Å². The molecule has 128 valence electrons. The number of hydrogen-bond donors (Lipinski definition) is 0. The van der Waals surface area contributed by atoms with E-state index in [0.717, 1.165) is 0 Å². The van der Waals surface area contributed by atoms with Gasteiger partial charge in [-0.05, 0) is 26.2 Å². The molecule has 1 unspecified atom stereocenters. The summed E-state index contributed by atoms with van der Waals surface area (Å²) < 4.78 is 8.51. The Morgan fingerprint density at radius 2 is 1.55 bits per heavy atom. The van der Waals surface area contributed by atoms with Gasteiger partial charge in [0.15, 0.2) is 3.79 Å². The highest BCUT2D eigenvalue weighted by Gasteiger charge is 2.43. The lowest BCUT2D eigenvalue weighted by Gasteiger charge is -2.30. The minimum absolute atomic E-state index is 0.00596. The van der Waals surface area contributed by atoms with E-state index in [1.807, 2.05) is 13.8 Å². The minimum atomic E-state index is -1.65. The lowest BCUT2D eigenvalue weighted by molar-refractivity contribution is -0.155. The Hall–Kier alpha value is -0.450. The molecular weight excluding hydrogens is 351 g/mol. The van der Waals surface area contributed by atoms with E-state index in [2.05, 4.69) is 6.58 Å². The molecule has 0 saturated heterocycles. The maximum atomic E-state index is 12.3. The third kappa shape index (κ3) is 8.25. The van der Waals surface area contributed by atoms with E-state index in [0.29, 0.717) is 19.4 Å². The summed E-state index contributed by atoms with van der Waals surface area (Å²) in [5.41, 5.74) is -1.01. The Morgan fingerprint density at radius 3 is 2.00 bits per heavy atom. The summed E-state index contributed by atoms with van der Waals surface area (Å²) in [7, 11) is 0. The summed E-state index contributed by atoms with van der Waals surface area (Å²) in [6.45, 7) is 9.57. The second kappa shape index (κ2) is 9.64. The van der Waals surface area contributed by atoms with E-state index in [4.69, 9.17) is 44.3 Å². The normalized spacial score (nSPS) is 14.1. The summed E-state index contributed by atoms with van der Waals surface area (Å²) in [5, 5.41) is 0. The van der Waals surface area contributed by atoms with Crippen LogP contribution in [0.1, 0.15) is 46.5 Å². The molecule has 0 heterocycles. The van der Waals surface area contributed by atoms with Crippen LogP contribution in [0, 0.1) is 5.41 Å². The van der Waals surface area contributed by atoms with Crippen molar-refractivity contribution in [1.29, 1.82) is 0 Å². The molecule has 0 fully saturated rings. The summed E-state index contributed by atoms with van der Waals surface area (Å²) >= 11 is 17.5. The van der Waals surface area contributed by atoms with Crippen LogP contribution in [-0.2, 0) is 19.1 Å². The van der Waals surface area contributed by atoms with Gasteiger partial charge in [0.05, 0.1) is 18.6 Å². The minimum Gasteiger partial charge on any atom is -0.465 e. The molecule has 4 nitrogen and oxygen atoms in total. The van der Waals surface area contributed by atoms with Crippen molar-refractivity contribution in [3.63, 3.8) is 0 Å². The standard InChI is InChI=1S/C15H23Cl3O4/c1-5-7-21-12(19)11(3)9-14(4,10-15(16,17)18)13(20)22-8-6-2/h3,5-10H2,1-2,4H3. The molecule has 0 saturated carbocycles. The van der Waals surface area contributed by atoms with E-state index in [-0.39, 0.29) is 25.0 Å². The molecule has 0 aliphatic carbocycles. The monoisotopic (exact) mass is 372 g/mol. The van der Waals surface area contributed by atoms with Gasteiger partial charge in [-0.3, -0.25) is 4.79 Å². The van der Waals surface area contributed by atoms with Crippen molar-refractivity contribution in [1.82, 2.24) is 0 Å². The number of rotatable bonds is 9. The Balaban J connectivity index is 5.03. The highest BCUT2D eigenvalue weighted by Crippen LogP contribution is 2.43. The molecule has 0 aromatic carbocycles. The van der Waals surface area contributed by atoms with E-state index in [1.165, 1.54) is 0 Å². The number of carbonyl (C=O) groups excluding carboxylic acids is 2. The zero-order valence-electron chi connectivity index (χ0n) is 13.2. The molecule has 22 heavy (non-hydrogen) atoms. The van der Waals surface area contributed by atoms with Crippen molar-refractivity contribution >= 4 is 46.7 Å². The van der Waals surface area contributed by atoms with Crippen LogP contribution in [0.3, 0.4) is 0 Å². The van der Waals surface area contributed by atoms with Gasteiger partial charge in [-0.1, -0.05) is 55.2 Å². The van der Waals surface area contributed by atoms with Gasteiger partial charge in [0, 0.05) is 12.0 Å². The second-order valence-electron chi connectivity index (χ2n) is 5.40. The quantitative estimate of drug-likeness (QED) is 0.336. The molecule has 0 aromatic heterocycles. The zero-order valence-corrected chi connectivity index (χ0v) is 15.5. The highest BCUT2D eigenvalue weighted by atomic mass is 35.6. The number of hydrogen-bond acceptors (Lipinski definition) is 4. The second-order valence-corrected chi connectivity index (χ2v) is 7.92. The van der Waals surface area contributed by atoms with Gasteiger partial charge in [0.25, 0.3) is 0 Å². The molecule has 0 spiro atoms. The molecule has 0 aliphatic heterocycles. The number of esters is 2. The van der Waals surface area contributed by atoms with E-state index in [9.17, 15) is 9.59 Å². The highest BCUT2D eigenvalue weighted by molar-refractivity contribution is 6.67. The number of alkyl halides is 3. The maximum Gasteiger partial charge on any atom is 0.333 e. The summed E-state index contributed by atoms with van der Waals surface area (Å²) in [6, 6.07) is 0. The van der Waals surface area contributed by atoms with E-state index < -0.39 is 21.1 Å². The van der Waals surface area contributed by atoms with Crippen molar-refractivity contribution in [2.24, 2.45) is 5.41 Å². The molecule has 0 radical (unpaired) electrons. The smallest absolute Gasteiger partial charge is 0.333 e. The molecule has 0 bridgehead atoms. The predicted molar refractivity (Wildman–Crippen MR) is 89.3 cm³/mol. The Morgan fingerprint density at radius 1 is 1.05 bits per heavy atom. The number of ether oxygens (including phenoxy) is 2. The lowest BCUT2D eigenvalue weighted by atomic mass is 9.81.